The summed E-state index contributed by atoms with van der Waals surface area (Å²) in [4.78, 5) is 12.8. The number of rotatable bonds is 10. The van der Waals surface area contributed by atoms with Crippen LogP contribution in [0.1, 0.15) is 24.1 Å². The third-order valence-corrected chi connectivity index (χ3v) is 7.31. The highest BCUT2D eigenvalue weighted by molar-refractivity contribution is 7.89. The fraction of sp³-hybridized carbons (Fsp3) is 0.240. The molecule has 1 atom stereocenters. The van der Waals surface area contributed by atoms with Crippen molar-refractivity contribution in [3.05, 3.63) is 88.9 Å². The molecular weight excluding hydrogens is 476 g/mol. The van der Waals surface area contributed by atoms with Crippen LogP contribution >= 0.6 is 11.6 Å². The molecule has 3 rings (SSSR count). The van der Waals surface area contributed by atoms with E-state index >= 15 is 0 Å². The van der Waals surface area contributed by atoms with E-state index in [9.17, 15) is 13.2 Å². The van der Waals surface area contributed by atoms with Gasteiger partial charge in [-0.3, -0.25) is 4.79 Å². The smallest absolute Gasteiger partial charge is 0.247 e. The summed E-state index contributed by atoms with van der Waals surface area (Å²) in [6.45, 7) is 1.45. The van der Waals surface area contributed by atoms with Crippen LogP contribution in [0.5, 0.6) is 11.5 Å². The number of hydrogen-bond donors (Lipinski definition) is 1. The molecule has 3 aromatic carbocycles. The first kappa shape index (κ1) is 25.6. The quantitative estimate of drug-likeness (QED) is 0.443. The Morgan fingerprint density at radius 2 is 1.68 bits per heavy atom. The van der Waals surface area contributed by atoms with Crippen LogP contribution in [0.15, 0.2) is 77.7 Å². The van der Waals surface area contributed by atoms with Crippen molar-refractivity contribution >= 4 is 27.5 Å². The highest BCUT2D eigenvalue weighted by Gasteiger charge is 2.30. The molecule has 0 bridgehead atoms. The molecule has 0 spiro atoms. The molecule has 0 saturated carbocycles. The lowest BCUT2D eigenvalue weighted by atomic mass is 10.1. The summed E-state index contributed by atoms with van der Waals surface area (Å²) in [6.07, 6.45) is 0. The van der Waals surface area contributed by atoms with Gasteiger partial charge in [0.15, 0.2) is 0 Å². The van der Waals surface area contributed by atoms with E-state index in [4.69, 9.17) is 21.1 Å². The highest BCUT2D eigenvalue weighted by atomic mass is 35.5. The molecule has 0 fully saturated rings. The number of ether oxygens (including phenoxy) is 2. The lowest BCUT2D eigenvalue weighted by Gasteiger charge is -2.24. The largest absolute Gasteiger partial charge is 0.497 e. The summed E-state index contributed by atoms with van der Waals surface area (Å²) in [5.41, 5.74) is 1.60. The summed E-state index contributed by atoms with van der Waals surface area (Å²) < 4.78 is 38.8. The third-order valence-electron chi connectivity index (χ3n) is 5.26. The lowest BCUT2D eigenvalue weighted by Crippen LogP contribution is -2.41. The van der Waals surface area contributed by atoms with Crippen molar-refractivity contribution in [1.29, 1.82) is 0 Å². The van der Waals surface area contributed by atoms with E-state index in [-0.39, 0.29) is 34.8 Å². The second kappa shape index (κ2) is 11.4. The molecule has 1 unspecified atom stereocenters. The predicted molar refractivity (Wildman–Crippen MR) is 132 cm³/mol. The Hall–Kier alpha value is -3.07. The number of halogens is 1. The molecule has 1 amide bonds. The number of carbonyl (C=O) groups excluding carboxylic acids is 1. The third kappa shape index (κ3) is 6.28. The van der Waals surface area contributed by atoms with Crippen LogP contribution in [0.2, 0.25) is 5.02 Å². The Morgan fingerprint density at radius 3 is 2.29 bits per heavy atom. The molecule has 3 aromatic rings. The van der Waals surface area contributed by atoms with E-state index in [0.717, 1.165) is 15.4 Å². The number of nitrogens with zero attached hydrogens (tertiary/aromatic N) is 1. The van der Waals surface area contributed by atoms with E-state index in [2.05, 4.69) is 5.32 Å². The number of sulfonamides is 1. The highest BCUT2D eigenvalue weighted by Crippen LogP contribution is 2.30. The zero-order chi connectivity index (χ0) is 24.7. The first-order valence-electron chi connectivity index (χ1n) is 10.6. The molecule has 0 radical (unpaired) electrons. The fourth-order valence-electron chi connectivity index (χ4n) is 3.43. The average molecular weight is 503 g/mol. The minimum Gasteiger partial charge on any atom is -0.497 e. The second-order valence-electron chi connectivity index (χ2n) is 7.62. The first-order valence-corrected chi connectivity index (χ1v) is 12.4. The van der Waals surface area contributed by atoms with Gasteiger partial charge < -0.3 is 14.8 Å². The van der Waals surface area contributed by atoms with Crippen LogP contribution in [0.3, 0.4) is 0 Å². The number of carbonyl (C=O) groups is 1. The summed E-state index contributed by atoms with van der Waals surface area (Å²) >= 11 is 6.08. The molecule has 1 N–H and O–H groups in total. The van der Waals surface area contributed by atoms with Crippen LogP contribution in [0.4, 0.5) is 0 Å². The molecule has 0 aliphatic carbocycles. The van der Waals surface area contributed by atoms with Crippen molar-refractivity contribution in [3.8, 4) is 11.5 Å². The number of nitrogens with one attached hydrogen (secondary N) is 1. The van der Waals surface area contributed by atoms with Crippen molar-refractivity contribution in [2.24, 2.45) is 0 Å². The summed E-state index contributed by atoms with van der Waals surface area (Å²) in [5, 5.41) is 3.12. The Bertz CT molecular complexity index is 1220. The molecule has 0 saturated heterocycles. The number of methoxy groups -OCH3 is 2. The molecule has 9 heteroatoms. The van der Waals surface area contributed by atoms with Crippen molar-refractivity contribution < 1.29 is 22.7 Å². The molecule has 0 heterocycles. The molecular formula is C25H27ClN2O5S. The normalized spacial score (nSPS) is 12.3. The SMILES string of the molecule is COc1ccc(C(C)NC(=O)CN(Cc2ccccc2)S(=O)(=O)c2cc(Cl)ccc2OC)cc1. The van der Waals surface area contributed by atoms with Gasteiger partial charge in [-0.05, 0) is 48.4 Å². The van der Waals surface area contributed by atoms with Gasteiger partial charge in [0.2, 0.25) is 15.9 Å². The minimum absolute atomic E-state index is 0.00315. The maximum Gasteiger partial charge on any atom is 0.247 e. The standard InChI is InChI=1S/C25H27ClN2O5S/c1-18(20-9-12-22(32-2)13-10-20)27-25(29)17-28(16-19-7-5-4-6-8-19)34(30,31)24-15-21(26)11-14-23(24)33-3/h4-15,18H,16-17H2,1-3H3,(H,27,29). The van der Waals surface area contributed by atoms with Crippen molar-refractivity contribution in [3.63, 3.8) is 0 Å². The van der Waals surface area contributed by atoms with Gasteiger partial charge in [-0.2, -0.15) is 4.31 Å². The average Bonchev–Trinajstić information content (AvgIpc) is 2.84. The fourth-order valence-corrected chi connectivity index (χ4v) is 5.23. The molecule has 0 aliphatic heterocycles. The summed E-state index contributed by atoms with van der Waals surface area (Å²) in [7, 11) is -1.16. The number of amides is 1. The second-order valence-corrected chi connectivity index (χ2v) is 9.96. The van der Waals surface area contributed by atoms with Crippen LogP contribution < -0.4 is 14.8 Å². The minimum atomic E-state index is -4.12. The number of benzene rings is 3. The Kier molecular flexibility index (Phi) is 8.55. The van der Waals surface area contributed by atoms with Gasteiger partial charge in [0, 0.05) is 11.6 Å². The van der Waals surface area contributed by atoms with Crippen LogP contribution in [0, 0.1) is 0 Å². The molecule has 0 aliphatic rings. The van der Waals surface area contributed by atoms with E-state index in [0.29, 0.717) is 5.75 Å². The summed E-state index contributed by atoms with van der Waals surface area (Å²) in [5.74, 6) is 0.413. The Balaban J connectivity index is 1.87. The van der Waals surface area contributed by atoms with E-state index in [1.165, 1.54) is 19.2 Å². The Labute approximate surface area is 205 Å². The molecule has 7 nitrogen and oxygen atoms in total. The van der Waals surface area contributed by atoms with Gasteiger partial charge in [-0.15, -0.1) is 0 Å². The Morgan fingerprint density at radius 1 is 1.00 bits per heavy atom. The van der Waals surface area contributed by atoms with Crippen molar-refractivity contribution in [1.82, 2.24) is 9.62 Å². The predicted octanol–water partition coefficient (Wildman–Crippen LogP) is 4.43. The van der Waals surface area contributed by atoms with Crippen LogP contribution in [-0.4, -0.2) is 39.4 Å². The van der Waals surface area contributed by atoms with E-state index in [1.54, 1.807) is 37.4 Å². The zero-order valence-corrected chi connectivity index (χ0v) is 20.8. The van der Waals surface area contributed by atoms with Crippen molar-refractivity contribution in [2.75, 3.05) is 20.8 Å². The van der Waals surface area contributed by atoms with Crippen molar-refractivity contribution in [2.45, 2.75) is 24.4 Å². The van der Waals surface area contributed by atoms with Gasteiger partial charge >= 0.3 is 0 Å². The molecule has 0 aromatic heterocycles. The molecule has 180 valence electrons. The van der Waals surface area contributed by atoms with Gasteiger partial charge in [0.25, 0.3) is 0 Å². The number of hydrogen-bond acceptors (Lipinski definition) is 5. The summed E-state index contributed by atoms with van der Waals surface area (Å²) in [6, 6.07) is 20.4. The monoisotopic (exact) mass is 502 g/mol. The lowest BCUT2D eigenvalue weighted by molar-refractivity contribution is -0.122. The van der Waals surface area contributed by atoms with Gasteiger partial charge in [-0.1, -0.05) is 54.1 Å². The first-order chi connectivity index (χ1) is 16.2. The van der Waals surface area contributed by atoms with E-state index in [1.807, 2.05) is 37.3 Å². The zero-order valence-electron chi connectivity index (χ0n) is 19.2. The maximum atomic E-state index is 13.6. The van der Waals surface area contributed by atoms with Crippen LogP contribution in [-0.2, 0) is 21.4 Å². The van der Waals surface area contributed by atoms with Gasteiger partial charge in [0.1, 0.15) is 16.4 Å². The van der Waals surface area contributed by atoms with Gasteiger partial charge in [-0.25, -0.2) is 8.42 Å². The van der Waals surface area contributed by atoms with Gasteiger partial charge in [0.05, 0.1) is 26.8 Å². The van der Waals surface area contributed by atoms with E-state index < -0.39 is 15.9 Å². The maximum absolute atomic E-state index is 13.6. The topological polar surface area (TPSA) is 84.9 Å². The molecule has 34 heavy (non-hydrogen) atoms. The van der Waals surface area contributed by atoms with Crippen LogP contribution in [0.25, 0.3) is 0 Å².